The number of carbonyl (C=O) groups excluding carboxylic acids is 1. The highest BCUT2D eigenvalue weighted by Crippen LogP contribution is 2.26. The summed E-state index contributed by atoms with van der Waals surface area (Å²) in [6, 6.07) is 1.81. The van der Waals surface area contributed by atoms with Crippen LogP contribution in [0.5, 0.6) is 0 Å². The molecule has 78 valence electrons. The first-order valence-corrected chi connectivity index (χ1v) is 5.45. The fourth-order valence-corrected chi connectivity index (χ4v) is 1.92. The summed E-state index contributed by atoms with van der Waals surface area (Å²) < 4.78 is 5.06. The van der Waals surface area contributed by atoms with Crippen molar-refractivity contribution in [3.63, 3.8) is 0 Å². The average molecular weight is 213 g/mol. The maximum Gasteiger partial charge on any atom is 0.341 e. The van der Waals surface area contributed by atoms with Crippen LogP contribution >= 0.6 is 11.3 Å². The highest BCUT2D eigenvalue weighted by Gasteiger charge is 2.15. The average Bonchev–Trinajstić information content (AvgIpc) is 2.45. The molecule has 0 aliphatic carbocycles. The summed E-state index contributed by atoms with van der Waals surface area (Å²) in [7, 11) is 0. The van der Waals surface area contributed by atoms with Gasteiger partial charge in [0.2, 0.25) is 0 Å². The monoisotopic (exact) mass is 213 g/mol. The lowest BCUT2D eigenvalue weighted by molar-refractivity contribution is 0.0379. The Balaban J connectivity index is 2.84. The molecular weight excluding hydrogens is 198 g/mol. The van der Waals surface area contributed by atoms with E-state index in [0.29, 0.717) is 10.6 Å². The first-order chi connectivity index (χ1) is 6.54. The molecule has 0 radical (unpaired) electrons. The normalized spacial score (nSPS) is 10.6. The molecule has 0 unspecified atom stereocenters. The fourth-order valence-electron chi connectivity index (χ4n) is 1.07. The molecule has 0 amide bonds. The van der Waals surface area contributed by atoms with Crippen molar-refractivity contribution in [2.24, 2.45) is 0 Å². The van der Waals surface area contributed by atoms with Gasteiger partial charge in [0.1, 0.15) is 5.00 Å². The van der Waals surface area contributed by atoms with E-state index in [9.17, 15) is 4.79 Å². The maximum absolute atomic E-state index is 11.5. The Morgan fingerprint density at radius 3 is 2.71 bits per heavy atom. The highest BCUT2D eigenvalue weighted by atomic mass is 32.1. The summed E-state index contributed by atoms with van der Waals surface area (Å²) >= 11 is 1.45. The molecule has 2 N–H and O–H groups in total. The van der Waals surface area contributed by atoms with Crippen molar-refractivity contribution in [1.29, 1.82) is 0 Å². The van der Waals surface area contributed by atoms with Crippen molar-refractivity contribution < 1.29 is 9.53 Å². The summed E-state index contributed by atoms with van der Waals surface area (Å²) in [6.45, 7) is 5.67. The van der Waals surface area contributed by atoms with Crippen LogP contribution in [0.25, 0.3) is 0 Å². The molecule has 14 heavy (non-hydrogen) atoms. The van der Waals surface area contributed by atoms with E-state index in [-0.39, 0.29) is 12.1 Å². The highest BCUT2D eigenvalue weighted by molar-refractivity contribution is 7.16. The van der Waals surface area contributed by atoms with Gasteiger partial charge in [0.05, 0.1) is 11.7 Å². The van der Waals surface area contributed by atoms with Crippen LogP contribution < -0.4 is 5.73 Å². The number of anilines is 1. The first kappa shape index (κ1) is 11.0. The van der Waals surface area contributed by atoms with E-state index < -0.39 is 0 Å². The smallest absolute Gasteiger partial charge is 0.341 e. The van der Waals surface area contributed by atoms with E-state index in [1.807, 2.05) is 26.8 Å². The topological polar surface area (TPSA) is 52.3 Å². The third-order valence-electron chi connectivity index (χ3n) is 1.72. The zero-order valence-electron chi connectivity index (χ0n) is 8.66. The van der Waals surface area contributed by atoms with Crippen LogP contribution in [0.2, 0.25) is 0 Å². The minimum absolute atomic E-state index is 0.105. The van der Waals surface area contributed by atoms with Crippen LogP contribution in [-0.2, 0) is 11.2 Å². The van der Waals surface area contributed by atoms with Gasteiger partial charge in [0, 0.05) is 4.88 Å². The number of hydrogen-bond acceptors (Lipinski definition) is 4. The molecular formula is C10H15NO2S. The lowest BCUT2D eigenvalue weighted by atomic mass is 10.2. The summed E-state index contributed by atoms with van der Waals surface area (Å²) in [6.07, 6.45) is 0.788. The van der Waals surface area contributed by atoms with Gasteiger partial charge in [0.15, 0.2) is 0 Å². The summed E-state index contributed by atoms with van der Waals surface area (Å²) in [4.78, 5) is 12.6. The van der Waals surface area contributed by atoms with Crippen LogP contribution in [-0.4, -0.2) is 12.1 Å². The SMILES string of the molecule is CCc1cc(C(=O)OC(C)C)c(N)s1. The van der Waals surface area contributed by atoms with Crippen LogP contribution in [0.4, 0.5) is 5.00 Å². The summed E-state index contributed by atoms with van der Waals surface area (Å²) in [5, 5.41) is 0.549. The third kappa shape index (κ3) is 2.48. The van der Waals surface area contributed by atoms with Crippen molar-refractivity contribution in [3.05, 3.63) is 16.5 Å². The molecule has 0 fully saturated rings. The molecule has 0 aliphatic rings. The molecule has 1 heterocycles. The number of ether oxygens (including phenoxy) is 1. The largest absolute Gasteiger partial charge is 0.459 e. The fraction of sp³-hybridized carbons (Fsp3) is 0.500. The Labute approximate surface area is 87.9 Å². The number of nitrogens with two attached hydrogens (primary N) is 1. The van der Waals surface area contributed by atoms with Crippen LogP contribution in [0.1, 0.15) is 36.0 Å². The lowest BCUT2D eigenvalue weighted by Gasteiger charge is -2.06. The van der Waals surface area contributed by atoms with Gasteiger partial charge < -0.3 is 10.5 Å². The number of hydrogen-bond donors (Lipinski definition) is 1. The van der Waals surface area contributed by atoms with E-state index in [1.54, 1.807) is 0 Å². The zero-order valence-corrected chi connectivity index (χ0v) is 9.48. The number of thiophene rings is 1. The Bertz CT molecular complexity index is 331. The molecule has 1 aromatic heterocycles. The number of nitrogen functional groups attached to an aromatic ring is 1. The maximum atomic E-state index is 11.5. The standard InChI is InChI=1S/C10H15NO2S/c1-4-7-5-8(9(11)14-7)10(12)13-6(2)3/h5-6H,4,11H2,1-3H3. The van der Waals surface area contributed by atoms with Crippen LogP contribution in [0.15, 0.2) is 6.07 Å². The second-order valence-corrected chi connectivity index (χ2v) is 4.47. The number of rotatable bonds is 3. The molecule has 0 spiro atoms. The Kier molecular flexibility index (Phi) is 3.52. The second kappa shape index (κ2) is 4.46. The minimum Gasteiger partial charge on any atom is -0.459 e. The van der Waals surface area contributed by atoms with E-state index in [1.165, 1.54) is 11.3 Å². The van der Waals surface area contributed by atoms with Gasteiger partial charge in [0.25, 0.3) is 0 Å². The zero-order chi connectivity index (χ0) is 10.7. The van der Waals surface area contributed by atoms with E-state index in [0.717, 1.165) is 11.3 Å². The Morgan fingerprint density at radius 2 is 2.29 bits per heavy atom. The molecule has 0 saturated heterocycles. The van der Waals surface area contributed by atoms with Gasteiger partial charge in [-0.05, 0) is 26.3 Å². The van der Waals surface area contributed by atoms with Gasteiger partial charge in [-0.15, -0.1) is 11.3 Å². The van der Waals surface area contributed by atoms with Crippen molar-refractivity contribution in [1.82, 2.24) is 0 Å². The molecule has 0 aromatic carbocycles. The van der Waals surface area contributed by atoms with Crippen molar-refractivity contribution in [2.75, 3.05) is 5.73 Å². The predicted molar refractivity (Wildman–Crippen MR) is 58.7 cm³/mol. The third-order valence-corrected chi connectivity index (χ3v) is 2.83. The number of carbonyl (C=O) groups is 1. The predicted octanol–water partition coefficient (Wildman–Crippen LogP) is 2.46. The summed E-state index contributed by atoms with van der Waals surface area (Å²) in [5.41, 5.74) is 6.21. The summed E-state index contributed by atoms with van der Waals surface area (Å²) in [5.74, 6) is -0.326. The van der Waals surface area contributed by atoms with Gasteiger partial charge in [-0.3, -0.25) is 0 Å². The molecule has 1 aromatic rings. The molecule has 3 nitrogen and oxygen atoms in total. The van der Waals surface area contributed by atoms with Crippen LogP contribution in [0.3, 0.4) is 0 Å². The molecule has 0 bridgehead atoms. The van der Waals surface area contributed by atoms with Crippen molar-refractivity contribution >= 4 is 22.3 Å². The van der Waals surface area contributed by atoms with Crippen molar-refractivity contribution in [3.8, 4) is 0 Å². The quantitative estimate of drug-likeness (QED) is 0.785. The van der Waals surface area contributed by atoms with E-state index in [4.69, 9.17) is 10.5 Å². The van der Waals surface area contributed by atoms with Crippen molar-refractivity contribution in [2.45, 2.75) is 33.3 Å². The second-order valence-electron chi connectivity index (χ2n) is 3.30. The van der Waals surface area contributed by atoms with Gasteiger partial charge in [-0.1, -0.05) is 6.92 Å². The number of aryl methyl sites for hydroxylation is 1. The molecule has 0 aliphatic heterocycles. The Morgan fingerprint density at radius 1 is 1.64 bits per heavy atom. The Hall–Kier alpha value is -1.03. The van der Waals surface area contributed by atoms with E-state index in [2.05, 4.69) is 0 Å². The molecule has 4 heteroatoms. The molecule has 0 saturated carbocycles. The molecule has 0 atom stereocenters. The molecule has 1 rings (SSSR count). The van der Waals surface area contributed by atoms with Gasteiger partial charge in [-0.25, -0.2) is 4.79 Å². The van der Waals surface area contributed by atoms with Gasteiger partial charge in [-0.2, -0.15) is 0 Å². The van der Waals surface area contributed by atoms with E-state index >= 15 is 0 Å². The first-order valence-electron chi connectivity index (χ1n) is 4.63. The number of esters is 1. The van der Waals surface area contributed by atoms with Gasteiger partial charge >= 0.3 is 5.97 Å². The van der Waals surface area contributed by atoms with Crippen LogP contribution in [0, 0.1) is 0 Å². The minimum atomic E-state index is -0.326. The lowest BCUT2D eigenvalue weighted by Crippen LogP contribution is -2.11.